The Hall–Kier alpha value is -0.300. The van der Waals surface area contributed by atoms with Crippen molar-refractivity contribution in [2.24, 2.45) is 56.7 Å². The predicted molar refractivity (Wildman–Crippen MR) is 131 cm³/mol. The highest BCUT2D eigenvalue weighted by atomic mass is 16.3. The van der Waals surface area contributed by atoms with E-state index in [9.17, 15) is 5.11 Å². The Morgan fingerprint density at radius 1 is 0.806 bits per heavy atom. The number of aliphatic hydroxyl groups excluding tert-OH is 1. The lowest BCUT2D eigenvalue weighted by Crippen LogP contribution is -2.64. The third-order valence-corrected chi connectivity index (χ3v) is 13.4. The van der Waals surface area contributed by atoms with Crippen molar-refractivity contribution in [2.75, 3.05) is 0 Å². The molecule has 0 aliphatic heterocycles. The van der Waals surface area contributed by atoms with E-state index in [-0.39, 0.29) is 11.5 Å². The van der Waals surface area contributed by atoms with Crippen molar-refractivity contribution >= 4 is 0 Å². The van der Waals surface area contributed by atoms with Gasteiger partial charge in [0.1, 0.15) is 0 Å². The Labute approximate surface area is 192 Å². The molecule has 1 N–H and O–H groups in total. The first-order valence-corrected chi connectivity index (χ1v) is 13.7. The Bertz CT molecular complexity index is 779. The van der Waals surface area contributed by atoms with E-state index in [0.29, 0.717) is 27.6 Å². The molecule has 0 amide bonds. The molecule has 0 heterocycles. The van der Waals surface area contributed by atoms with Crippen molar-refractivity contribution < 1.29 is 5.11 Å². The Morgan fingerprint density at radius 3 is 2.23 bits per heavy atom. The minimum atomic E-state index is -0.125. The van der Waals surface area contributed by atoms with Gasteiger partial charge in [-0.05, 0) is 114 Å². The zero-order chi connectivity index (χ0) is 22.6. The average Bonchev–Trinajstić information content (AvgIpc) is 2.69. The van der Waals surface area contributed by atoms with E-state index in [4.69, 9.17) is 0 Å². The van der Waals surface area contributed by atoms with Crippen LogP contribution in [0.3, 0.4) is 0 Å². The van der Waals surface area contributed by atoms with Crippen LogP contribution in [0.2, 0.25) is 0 Å². The van der Waals surface area contributed by atoms with Crippen molar-refractivity contribution in [1.82, 2.24) is 0 Å². The van der Waals surface area contributed by atoms with Crippen LogP contribution in [0, 0.1) is 56.7 Å². The molecule has 10 atom stereocenters. The van der Waals surface area contributed by atoms with Crippen molar-refractivity contribution in [3.63, 3.8) is 0 Å². The average molecular weight is 427 g/mol. The van der Waals surface area contributed by atoms with E-state index in [1.54, 1.807) is 0 Å². The standard InChI is InChI=1S/C30H50O/c1-19-11-14-27(5)17-18-29(7)21(25(27)20(19)2)9-10-23-28(6)15-13-24(31)26(3,4)22(28)12-16-30(23,29)8/h9,19-20,22-25,31H,10-18H2,1-8H3/t19-,20-,22+,23-,24+,25-,27-,28-,29-,30-/m1/s1. The normalized spacial score (nSPS) is 58.3. The molecule has 1 nitrogen and oxygen atoms in total. The number of fused-ring (bicyclic) bond motifs is 7. The quantitative estimate of drug-likeness (QED) is 0.389. The molecule has 4 fully saturated rings. The van der Waals surface area contributed by atoms with Crippen molar-refractivity contribution in [1.29, 1.82) is 0 Å². The van der Waals surface area contributed by atoms with Gasteiger partial charge in [0.2, 0.25) is 0 Å². The molecule has 5 aliphatic carbocycles. The van der Waals surface area contributed by atoms with Crippen LogP contribution in [0.15, 0.2) is 11.6 Å². The van der Waals surface area contributed by atoms with Crippen LogP contribution in [-0.2, 0) is 0 Å². The smallest absolute Gasteiger partial charge is 0.0594 e. The molecule has 31 heavy (non-hydrogen) atoms. The molecule has 0 bridgehead atoms. The SMILES string of the molecule is C[C@@H]1[C@H](C)CC[C@]2(C)CC[C@]3(C)C(=CC[C@@H]4[C@]5(C)CC[C@H](O)C(C)(C)[C@@H]5CC[C@]43C)[C@@H]12. The van der Waals surface area contributed by atoms with E-state index in [0.717, 1.165) is 30.1 Å². The number of hydrogen-bond donors (Lipinski definition) is 1. The summed E-state index contributed by atoms with van der Waals surface area (Å²) in [7, 11) is 0. The van der Waals surface area contributed by atoms with E-state index >= 15 is 0 Å². The van der Waals surface area contributed by atoms with Gasteiger partial charge in [-0.3, -0.25) is 0 Å². The van der Waals surface area contributed by atoms with Crippen LogP contribution >= 0.6 is 0 Å². The maximum atomic E-state index is 10.9. The second-order valence-corrected chi connectivity index (χ2v) is 14.7. The molecule has 0 radical (unpaired) electrons. The molecular formula is C30H50O. The molecular weight excluding hydrogens is 376 g/mol. The molecule has 0 unspecified atom stereocenters. The van der Waals surface area contributed by atoms with Crippen LogP contribution in [-0.4, -0.2) is 11.2 Å². The summed E-state index contributed by atoms with van der Waals surface area (Å²) in [5.41, 5.74) is 3.60. The predicted octanol–water partition coefficient (Wildman–Crippen LogP) is 8.02. The van der Waals surface area contributed by atoms with Gasteiger partial charge in [0.05, 0.1) is 6.10 Å². The highest BCUT2D eigenvalue weighted by Crippen LogP contribution is 2.75. The Kier molecular flexibility index (Phi) is 4.82. The fourth-order valence-corrected chi connectivity index (χ4v) is 10.8. The summed E-state index contributed by atoms with van der Waals surface area (Å²) >= 11 is 0. The first-order chi connectivity index (χ1) is 14.3. The Balaban J connectivity index is 1.59. The fraction of sp³-hybridized carbons (Fsp3) is 0.933. The van der Waals surface area contributed by atoms with Gasteiger partial charge in [0.25, 0.3) is 0 Å². The zero-order valence-corrected chi connectivity index (χ0v) is 21.9. The maximum Gasteiger partial charge on any atom is 0.0594 e. The van der Waals surface area contributed by atoms with Gasteiger partial charge in [-0.15, -0.1) is 0 Å². The van der Waals surface area contributed by atoms with Crippen molar-refractivity contribution in [3.8, 4) is 0 Å². The molecule has 5 rings (SSSR count). The molecule has 0 aromatic rings. The minimum Gasteiger partial charge on any atom is -0.393 e. The molecule has 176 valence electrons. The van der Waals surface area contributed by atoms with E-state index in [2.05, 4.69) is 61.5 Å². The molecule has 0 aromatic carbocycles. The lowest BCUT2D eigenvalue weighted by atomic mass is 9.33. The van der Waals surface area contributed by atoms with Crippen LogP contribution < -0.4 is 0 Å². The number of allylic oxidation sites excluding steroid dienone is 2. The molecule has 0 spiro atoms. The summed E-state index contributed by atoms with van der Waals surface area (Å²) in [6, 6.07) is 0. The maximum absolute atomic E-state index is 10.9. The summed E-state index contributed by atoms with van der Waals surface area (Å²) in [5, 5.41) is 10.9. The van der Waals surface area contributed by atoms with Crippen LogP contribution in [0.1, 0.15) is 113 Å². The second kappa shape index (κ2) is 6.64. The van der Waals surface area contributed by atoms with Crippen LogP contribution in [0.4, 0.5) is 0 Å². The van der Waals surface area contributed by atoms with Gasteiger partial charge in [-0.1, -0.05) is 67.0 Å². The lowest BCUT2D eigenvalue weighted by Gasteiger charge is -2.71. The highest BCUT2D eigenvalue weighted by Gasteiger charge is 2.67. The lowest BCUT2D eigenvalue weighted by molar-refractivity contribution is -0.203. The van der Waals surface area contributed by atoms with Gasteiger partial charge in [0.15, 0.2) is 0 Å². The van der Waals surface area contributed by atoms with Crippen molar-refractivity contribution in [2.45, 2.75) is 119 Å². The van der Waals surface area contributed by atoms with Gasteiger partial charge in [-0.25, -0.2) is 0 Å². The monoisotopic (exact) mass is 426 g/mol. The zero-order valence-electron chi connectivity index (χ0n) is 21.9. The van der Waals surface area contributed by atoms with Crippen molar-refractivity contribution in [3.05, 3.63) is 11.6 Å². The second-order valence-electron chi connectivity index (χ2n) is 14.7. The number of aliphatic hydroxyl groups is 1. The van der Waals surface area contributed by atoms with Gasteiger partial charge >= 0.3 is 0 Å². The molecule has 1 heteroatoms. The van der Waals surface area contributed by atoms with Crippen LogP contribution in [0.25, 0.3) is 0 Å². The van der Waals surface area contributed by atoms with Gasteiger partial charge in [0, 0.05) is 0 Å². The molecule has 0 aromatic heterocycles. The summed E-state index contributed by atoms with van der Waals surface area (Å²) in [6.45, 7) is 20.5. The van der Waals surface area contributed by atoms with E-state index < -0.39 is 0 Å². The third-order valence-electron chi connectivity index (χ3n) is 13.4. The Morgan fingerprint density at radius 2 is 1.52 bits per heavy atom. The molecule has 5 aliphatic rings. The summed E-state index contributed by atoms with van der Waals surface area (Å²) in [4.78, 5) is 0. The fourth-order valence-electron chi connectivity index (χ4n) is 10.8. The van der Waals surface area contributed by atoms with E-state index in [1.807, 2.05) is 5.57 Å². The molecule has 4 saturated carbocycles. The summed E-state index contributed by atoms with van der Waals surface area (Å²) in [6.07, 6.45) is 14.5. The van der Waals surface area contributed by atoms with Crippen LogP contribution in [0.5, 0.6) is 0 Å². The molecule has 0 saturated heterocycles. The first-order valence-electron chi connectivity index (χ1n) is 13.7. The number of rotatable bonds is 0. The third kappa shape index (κ3) is 2.65. The highest BCUT2D eigenvalue weighted by molar-refractivity contribution is 5.33. The first kappa shape index (κ1) is 22.5. The number of hydrogen-bond acceptors (Lipinski definition) is 1. The van der Waals surface area contributed by atoms with Gasteiger partial charge < -0.3 is 5.11 Å². The van der Waals surface area contributed by atoms with Gasteiger partial charge in [-0.2, -0.15) is 0 Å². The topological polar surface area (TPSA) is 20.2 Å². The summed E-state index contributed by atoms with van der Waals surface area (Å²) < 4.78 is 0. The summed E-state index contributed by atoms with van der Waals surface area (Å²) in [5.74, 6) is 3.90. The van der Waals surface area contributed by atoms with E-state index in [1.165, 1.54) is 51.4 Å². The minimum absolute atomic E-state index is 0.0533. The largest absolute Gasteiger partial charge is 0.393 e.